The number of aromatic nitrogens is 1. The number of nitrogens with zero attached hydrogens (tertiary/aromatic N) is 1. The van der Waals surface area contributed by atoms with E-state index in [9.17, 15) is 9.90 Å². The molecule has 0 aliphatic rings. The molecule has 0 bridgehead atoms. The molecule has 0 atom stereocenters. The Balaban J connectivity index is 2.19. The number of rotatable bonds is 3. The summed E-state index contributed by atoms with van der Waals surface area (Å²) in [6, 6.07) is 21.0. The number of hydrogen-bond acceptors (Lipinski definition) is 3. The summed E-state index contributed by atoms with van der Waals surface area (Å²) in [5.41, 5.74) is 1.09. The van der Waals surface area contributed by atoms with Gasteiger partial charge in [-0.1, -0.05) is 48.2 Å². The fourth-order valence-corrected chi connectivity index (χ4v) is 3.31. The second-order valence-corrected chi connectivity index (χ2v) is 5.96. The highest BCUT2D eigenvalue weighted by molar-refractivity contribution is 7.99. The standard InChI is InChI=1S/C18H15NO2S/c1-13-18(21)16(20)12-17(22-15-10-6-3-7-11-15)19(13)14-8-4-2-5-9-14/h2-12,21H,1H3. The minimum Gasteiger partial charge on any atom is -0.503 e. The van der Waals surface area contributed by atoms with Crippen LogP contribution in [0.3, 0.4) is 0 Å². The van der Waals surface area contributed by atoms with Crippen molar-refractivity contribution in [2.45, 2.75) is 16.8 Å². The van der Waals surface area contributed by atoms with Crippen LogP contribution in [0.2, 0.25) is 0 Å². The summed E-state index contributed by atoms with van der Waals surface area (Å²) in [6.07, 6.45) is 0. The van der Waals surface area contributed by atoms with Crippen molar-refractivity contribution in [1.29, 1.82) is 0 Å². The van der Waals surface area contributed by atoms with Gasteiger partial charge < -0.3 is 9.67 Å². The van der Waals surface area contributed by atoms with Gasteiger partial charge in [0.2, 0.25) is 5.43 Å². The lowest BCUT2D eigenvalue weighted by molar-refractivity contribution is 0.457. The van der Waals surface area contributed by atoms with E-state index >= 15 is 0 Å². The van der Waals surface area contributed by atoms with Gasteiger partial charge in [-0.2, -0.15) is 0 Å². The normalized spacial score (nSPS) is 10.6. The smallest absolute Gasteiger partial charge is 0.224 e. The second-order valence-electron chi connectivity index (χ2n) is 4.87. The van der Waals surface area contributed by atoms with Gasteiger partial charge in [-0.15, -0.1) is 0 Å². The highest BCUT2D eigenvalue weighted by Gasteiger charge is 2.13. The van der Waals surface area contributed by atoms with E-state index in [-0.39, 0.29) is 11.2 Å². The molecule has 0 aliphatic carbocycles. The number of para-hydroxylation sites is 1. The van der Waals surface area contributed by atoms with E-state index in [1.807, 2.05) is 65.2 Å². The molecule has 3 aromatic rings. The fourth-order valence-electron chi connectivity index (χ4n) is 2.28. The summed E-state index contributed by atoms with van der Waals surface area (Å²) >= 11 is 1.50. The van der Waals surface area contributed by atoms with Crippen LogP contribution in [-0.2, 0) is 0 Å². The molecule has 0 saturated carbocycles. The second kappa shape index (κ2) is 6.12. The molecule has 2 aromatic carbocycles. The molecule has 4 heteroatoms. The first kappa shape index (κ1) is 14.5. The van der Waals surface area contributed by atoms with E-state index in [1.54, 1.807) is 6.92 Å². The van der Waals surface area contributed by atoms with Crippen molar-refractivity contribution >= 4 is 11.8 Å². The minimum atomic E-state index is -0.358. The molecule has 0 spiro atoms. The van der Waals surface area contributed by atoms with Gasteiger partial charge in [-0.05, 0) is 31.2 Å². The van der Waals surface area contributed by atoms with Crippen molar-refractivity contribution in [3.63, 3.8) is 0 Å². The quantitative estimate of drug-likeness (QED) is 0.795. The van der Waals surface area contributed by atoms with Crippen LogP contribution in [0.1, 0.15) is 5.69 Å². The highest BCUT2D eigenvalue weighted by atomic mass is 32.2. The monoisotopic (exact) mass is 309 g/mol. The molecule has 110 valence electrons. The summed E-state index contributed by atoms with van der Waals surface area (Å²) < 4.78 is 1.90. The zero-order valence-corrected chi connectivity index (χ0v) is 12.9. The number of hydrogen-bond donors (Lipinski definition) is 1. The minimum absolute atomic E-state index is 0.207. The van der Waals surface area contributed by atoms with Crippen LogP contribution in [-0.4, -0.2) is 9.67 Å². The molecule has 3 rings (SSSR count). The summed E-state index contributed by atoms with van der Waals surface area (Å²) in [7, 11) is 0. The summed E-state index contributed by atoms with van der Waals surface area (Å²) in [5, 5.41) is 10.8. The summed E-state index contributed by atoms with van der Waals surface area (Å²) in [4.78, 5) is 13.0. The van der Waals surface area contributed by atoms with Crippen molar-refractivity contribution in [2.75, 3.05) is 0 Å². The van der Waals surface area contributed by atoms with Crippen LogP contribution in [0.5, 0.6) is 5.75 Å². The first-order valence-electron chi connectivity index (χ1n) is 6.91. The molecular weight excluding hydrogens is 294 g/mol. The van der Waals surface area contributed by atoms with Gasteiger partial charge in [0.15, 0.2) is 5.75 Å². The van der Waals surface area contributed by atoms with Crippen LogP contribution >= 0.6 is 11.8 Å². The largest absolute Gasteiger partial charge is 0.503 e. The van der Waals surface area contributed by atoms with Gasteiger partial charge >= 0.3 is 0 Å². The Morgan fingerprint density at radius 2 is 1.55 bits per heavy atom. The Bertz CT molecular complexity index is 842. The van der Waals surface area contributed by atoms with E-state index in [2.05, 4.69) is 0 Å². The number of aromatic hydroxyl groups is 1. The average molecular weight is 309 g/mol. The Hall–Kier alpha value is -2.46. The van der Waals surface area contributed by atoms with Crippen LogP contribution in [0.25, 0.3) is 5.69 Å². The van der Waals surface area contributed by atoms with Crippen LogP contribution < -0.4 is 5.43 Å². The molecule has 22 heavy (non-hydrogen) atoms. The van der Waals surface area contributed by atoms with Crippen molar-refractivity contribution in [3.05, 3.63) is 82.6 Å². The number of pyridine rings is 1. The molecule has 0 radical (unpaired) electrons. The van der Waals surface area contributed by atoms with E-state index in [1.165, 1.54) is 17.8 Å². The molecule has 1 heterocycles. The first-order chi connectivity index (χ1) is 10.7. The first-order valence-corrected chi connectivity index (χ1v) is 7.72. The van der Waals surface area contributed by atoms with E-state index < -0.39 is 0 Å². The average Bonchev–Trinajstić information content (AvgIpc) is 2.55. The predicted octanol–water partition coefficient (Wildman–Crippen LogP) is 4.00. The molecule has 1 N–H and O–H groups in total. The predicted molar refractivity (Wildman–Crippen MR) is 89.0 cm³/mol. The molecule has 0 fully saturated rings. The van der Waals surface area contributed by atoms with Crippen molar-refractivity contribution in [2.24, 2.45) is 0 Å². The molecule has 1 aromatic heterocycles. The maximum atomic E-state index is 12.0. The molecule has 0 saturated heterocycles. The Morgan fingerprint density at radius 3 is 2.18 bits per heavy atom. The molecular formula is C18H15NO2S. The van der Waals surface area contributed by atoms with Crippen molar-refractivity contribution in [3.8, 4) is 11.4 Å². The lowest BCUT2D eigenvalue weighted by Gasteiger charge is -2.17. The molecule has 0 unspecified atom stereocenters. The van der Waals surface area contributed by atoms with Gasteiger partial charge in [0.25, 0.3) is 0 Å². The van der Waals surface area contributed by atoms with Crippen LogP contribution in [0.15, 0.2) is 81.4 Å². The van der Waals surface area contributed by atoms with Gasteiger partial charge in [0.1, 0.15) is 0 Å². The van der Waals surface area contributed by atoms with Crippen LogP contribution in [0.4, 0.5) is 0 Å². The van der Waals surface area contributed by atoms with Crippen molar-refractivity contribution in [1.82, 2.24) is 4.57 Å². The maximum Gasteiger partial charge on any atom is 0.224 e. The Morgan fingerprint density at radius 1 is 0.955 bits per heavy atom. The molecule has 0 aliphatic heterocycles. The fraction of sp³-hybridized carbons (Fsp3) is 0.0556. The molecule has 0 amide bonds. The third kappa shape index (κ3) is 2.78. The van der Waals surface area contributed by atoms with Gasteiger partial charge in [-0.3, -0.25) is 4.79 Å². The number of benzene rings is 2. The van der Waals surface area contributed by atoms with E-state index in [0.29, 0.717) is 5.69 Å². The maximum absolute atomic E-state index is 12.0. The van der Waals surface area contributed by atoms with Crippen molar-refractivity contribution < 1.29 is 5.11 Å². The highest BCUT2D eigenvalue weighted by Crippen LogP contribution is 2.31. The van der Waals surface area contributed by atoms with E-state index in [4.69, 9.17) is 0 Å². The Kier molecular flexibility index (Phi) is 4.02. The third-order valence-corrected chi connectivity index (χ3v) is 4.38. The van der Waals surface area contributed by atoms with Gasteiger partial charge in [-0.25, -0.2) is 0 Å². The lowest BCUT2D eigenvalue weighted by Crippen LogP contribution is -2.11. The van der Waals surface area contributed by atoms with E-state index in [0.717, 1.165) is 15.6 Å². The summed E-state index contributed by atoms with van der Waals surface area (Å²) in [5.74, 6) is -0.207. The van der Waals surface area contributed by atoms with Gasteiger partial charge in [0, 0.05) is 16.6 Å². The van der Waals surface area contributed by atoms with Gasteiger partial charge in [0.05, 0.1) is 10.7 Å². The molecule has 3 nitrogen and oxygen atoms in total. The Labute approximate surface area is 132 Å². The zero-order valence-electron chi connectivity index (χ0n) is 12.1. The topological polar surface area (TPSA) is 42.2 Å². The zero-order chi connectivity index (χ0) is 15.5. The summed E-state index contributed by atoms with van der Waals surface area (Å²) in [6.45, 7) is 1.75. The van der Waals surface area contributed by atoms with Crippen LogP contribution in [0, 0.1) is 6.92 Å². The SMILES string of the molecule is Cc1c(O)c(=O)cc(Sc2ccccc2)n1-c1ccccc1. The lowest BCUT2D eigenvalue weighted by atomic mass is 10.2. The third-order valence-electron chi connectivity index (χ3n) is 3.37.